The fourth-order valence-electron chi connectivity index (χ4n) is 2.56. The van der Waals surface area contributed by atoms with Crippen LogP contribution in [0.15, 0.2) is 36.4 Å². The number of hydrogen-bond acceptors (Lipinski definition) is 5. The normalized spacial score (nSPS) is 11.9. The number of hydrazone groups is 1. The molecule has 2 aromatic rings. The Balaban J connectivity index is 2.85. The maximum atomic E-state index is 13.1. The van der Waals surface area contributed by atoms with Crippen molar-refractivity contribution >= 4 is 46.3 Å². The monoisotopic (exact) mass is 490 g/mol. The Hall–Kier alpha value is -3.40. The molecule has 32 heavy (non-hydrogen) atoms. The van der Waals surface area contributed by atoms with Gasteiger partial charge in [0, 0.05) is 12.1 Å². The lowest BCUT2D eigenvalue weighted by Crippen LogP contribution is -2.44. The SMILES string of the molecule is CONC(=O)N(C)[N+](=C(C#N)c1ccc([N+](=O)[O-])cc1)c1c(Cl)cc(C(F)(F)F)cc1Cl. The fraction of sp³-hybridized carbons (Fsp3) is 0.167. The number of nitrogens with zero attached hydrogens (tertiary/aromatic N) is 4. The van der Waals surface area contributed by atoms with Crippen molar-refractivity contribution in [1.82, 2.24) is 10.5 Å². The Bertz CT molecular complexity index is 1110. The van der Waals surface area contributed by atoms with Crippen LogP contribution in [0.2, 0.25) is 10.0 Å². The van der Waals surface area contributed by atoms with Crippen LogP contribution in [0.3, 0.4) is 0 Å². The van der Waals surface area contributed by atoms with E-state index in [1.54, 1.807) is 0 Å². The van der Waals surface area contributed by atoms with Gasteiger partial charge in [-0.25, -0.2) is 10.3 Å². The molecule has 168 valence electrons. The lowest BCUT2D eigenvalue weighted by Gasteiger charge is -2.17. The van der Waals surface area contributed by atoms with Crippen LogP contribution in [0.4, 0.5) is 29.3 Å². The zero-order chi connectivity index (χ0) is 24.2. The van der Waals surface area contributed by atoms with Gasteiger partial charge >= 0.3 is 17.9 Å². The number of hydroxylamine groups is 1. The largest absolute Gasteiger partial charge is 0.416 e. The highest BCUT2D eigenvalue weighted by molar-refractivity contribution is 6.38. The number of amides is 2. The highest BCUT2D eigenvalue weighted by Crippen LogP contribution is 2.40. The molecule has 0 unspecified atom stereocenters. The van der Waals surface area contributed by atoms with Crippen LogP contribution in [0, 0.1) is 21.4 Å². The smallest absolute Gasteiger partial charge is 0.275 e. The molecule has 9 nitrogen and oxygen atoms in total. The van der Waals surface area contributed by atoms with E-state index in [4.69, 9.17) is 23.2 Å². The number of halogens is 5. The molecule has 0 aliphatic heterocycles. The molecule has 14 heteroatoms. The van der Waals surface area contributed by atoms with Gasteiger partial charge in [0.05, 0.1) is 30.2 Å². The molecule has 1 N–H and O–H groups in total. The van der Waals surface area contributed by atoms with Gasteiger partial charge in [-0.05, 0) is 24.3 Å². The Morgan fingerprint density at radius 2 is 1.75 bits per heavy atom. The second-order valence-electron chi connectivity index (χ2n) is 6.00. The van der Waals surface area contributed by atoms with E-state index >= 15 is 0 Å². The molecule has 0 saturated heterocycles. The van der Waals surface area contributed by atoms with Gasteiger partial charge in [-0.15, -0.1) is 0 Å². The van der Waals surface area contributed by atoms with Gasteiger partial charge in [-0.1, -0.05) is 32.9 Å². The Kier molecular flexibility index (Phi) is 7.63. The molecule has 0 heterocycles. The van der Waals surface area contributed by atoms with Crippen molar-refractivity contribution in [2.24, 2.45) is 0 Å². The van der Waals surface area contributed by atoms with Crippen LogP contribution in [0.5, 0.6) is 0 Å². The molecule has 0 aliphatic carbocycles. The number of hydrogen-bond donors (Lipinski definition) is 1. The third kappa shape index (κ3) is 5.25. The topological polar surface area (TPSA) is 112 Å². The predicted octanol–water partition coefficient (Wildman–Crippen LogP) is 4.70. The second-order valence-corrected chi connectivity index (χ2v) is 6.81. The zero-order valence-corrected chi connectivity index (χ0v) is 17.8. The number of urea groups is 1. The Labute approximate surface area is 188 Å². The van der Waals surface area contributed by atoms with Crippen LogP contribution in [-0.2, 0) is 11.0 Å². The molecule has 2 aromatic carbocycles. The molecule has 0 saturated carbocycles. The Morgan fingerprint density at radius 3 is 2.16 bits per heavy atom. The van der Waals surface area contributed by atoms with Gasteiger partial charge < -0.3 is 0 Å². The molecule has 0 spiro atoms. The average Bonchev–Trinajstić information content (AvgIpc) is 2.71. The minimum absolute atomic E-state index is 0.0854. The molecule has 2 rings (SSSR count). The third-order valence-corrected chi connectivity index (χ3v) is 4.58. The molecule has 0 atom stereocenters. The van der Waals surface area contributed by atoms with Gasteiger partial charge in [0.1, 0.15) is 10.0 Å². The summed E-state index contributed by atoms with van der Waals surface area (Å²) >= 11 is 12.2. The van der Waals surface area contributed by atoms with Gasteiger partial charge in [-0.3, -0.25) is 15.0 Å². The first-order valence-electron chi connectivity index (χ1n) is 8.37. The summed E-state index contributed by atoms with van der Waals surface area (Å²) in [7, 11) is 2.31. The zero-order valence-electron chi connectivity index (χ0n) is 16.3. The van der Waals surface area contributed by atoms with Crippen molar-refractivity contribution in [2.45, 2.75) is 6.18 Å². The molecule has 0 radical (unpaired) electrons. The van der Waals surface area contributed by atoms with Crippen molar-refractivity contribution < 1.29 is 32.4 Å². The minimum Gasteiger partial charge on any atom is -0.275 e. The van der Waals surface area contributed by atoms with Crippen LogP contribution in [0.25, 0.3) is 0 Å². The summed E-state index contributed by atoms with van der Waals surface area (Å²) in [5.41, 5.74) is 0.0260. The fourth-order valence-corrected chi connectivity index (χ4v) is 3.21. The number of alkyl halides is 3. The van der Waals surface area contributed by atoms with E-state index in [1.807, 2.05) is 11.5 Å². The number of carbonyl (C=O) groups is 1. The van der Waals surface area contributed by atoms with E-state index < -0.39 is 32.7 Å². The first-order valence-corrected chi connectivity index (χ1v) is 9.12. The average molecular weight is 491 g/mol. The third-order valence-electron chi connectivity index (χ3n) is 4.01. The van der Waals surface area contributed by atoms with Crippen LogP contribution < -0.4 is 5.48 Å². The first-order chi connectivity index (χ1) is 14.9. The molecule has 0 aromatic heterocycles. The van der Waals surface area contributed by atoms with E-state index in [0.717, 1.165) is 28.9 Å². The minimum atomic E-state index is -4.75. The number of nitro groups is 1. The molecule has 0 bridgehead atoms. The van der Waals surface area contributed by atoms with Crippen molar-refractivity contribution in [3.8, 4) is 6.07 Å². The van der Waals surface area contributed by atoms with Crippen LogP contribution in [-0.4, -0.2) is 40.5 Å². The first kappa shape index (κ1) is 24.9. The number of hydrazine groups is 1. The lowest BCUT2D eigenvalue weighted by atomic mass is 10.1. The quantitative estimate of drug-likeness (QED) is 0.282. The van der Waals surface area contributed by atoms with Crippen molar-refractivity contribution in [3.05, 3.63) is 67.7 Å². The van der Waals surface area contributed by atoms with E-state index in [2.05, 4.69) is 4.84 Å². The van der Waals surface area contributed by atoms with E-state index in [-0.39, 0.29) is 22.6 Å². The second kappa shape index (κ2) is 9.82. The van der Waals surface area contributed by atoms with E-state index in [0.29, 0.717) is 12.1 Å². The summed E-state index contributed by atoms with van der Waals surface area (Å²) in [5.74, 6) is 0. The molecule has 2 amide bonds. The van der Waals surface area contributed by atoms with Gasteiger partial charge in [0.2, 0.25) is 0 Å². The number of carbonyl (C=O) groups excluding carboxylic acids is 1. The molecular formula is C18H13Cl2F3N5O4+. The maximum absolute atomic E-state index is 13.1. The number of benzene rings is 2. The number of nitro benzene ring substituents is 1. The van der Waals surface area contributed by atoms with Gasteiger partial charge in [0.15, 0.2) is 6.07 Å². The number of non-ortho nitro benzene ring substituents is 1. The van der Waals surface area contributed by atoms with Gasteiger partial charge in [-0.2, -0.15) is 18.4 Å². The highest BCUT2D eigenvalue weighted by atomic mass is 35.5. The summed E-state index contributed by atoms with van der Waals surface area (Å²) in [4.78, 5) is 27.2. The number of nitrogens with one attached hydrogen (secondary N) is 1. The van der Waals surface area contributed by atoms with E-state index in [9.17, 15) is 33.3 Å². The maximum Gasteiger partial charge on any atom is 0.416 e. The summed E-state index contributed by atoms with van der Waals surface area (Å²) in [6, 6.07) is 6.70. The Morgan fingerprint density at radius 1 is 1.22 bits per heavy atom. The summed E-state index contributed by atoms with van der Waals surface area (Å²) in [6.07, 6.45) is -4.75. The summed E-state index contributed by atoms with van der Waals surface area (Å²) < 4.78 is 40.2. The van der Waals surface area contributed by atoms with Crippen LogP contribution in [0.1, 0.15) is 11.1 Å². The van der Waals surface area contributed by atoms with E-state index in [1.165, 1.54) is 19.2 Å². The predicted molar refractivity (Wildman–Crippen MR) is 108 cm³/mol. The van der Waals surface area contributed by atoms with Crippen molar-refractivity contribution in [1.29, 1.82) is 5.26 Å². The standard InChI is InChI=1S/C18H12Cl2F3N5O4/c1-26(17(29)25-32-2)27(15(9-24)10-3-5-12(6-4-10)28(30)31)16-13(19)7-11(8-14(16)20)18(21,22)23/h3-8H,1-2H3/p+1. The molecule has 0 aliphatic rings. The van der Waals surface area contributed by atoms with Crippen molar-refractivity contribution in [2.75, 3.05) is 14.2 Å². The number of rotatable bonds is 5. The van der Waals surface area contributed by atoms with Crippen molar-refractivity contribution in [3.63, 3.8) is 0 Å². The highest BCUT2D eigenvalue weighted by Gasteiger charge is 2.37. The number of nitriles is 1. The molecule has 0 fully saturated rings. The van der Waals surface area contributed by atoms with Crippen LogP contribution >= 0.6 is 23.2 Å². The summed E-state index contributed by atoms with van der Waals surface area (Å²) in [6.45, 7) is 0. The van der Waals surface area contributed by atoms with Gasteiger partial charge in [0.25, 0.3) is 11.4 Å². The lowest BCUT2D eigenvalue weighted by molar-refractivity contribution is -0.591. The summed E-state index contributed by atoms with van der Waals surface area (Å²) in [5, 5.41) is 20.4. The molecular weight excluding hydrogens is 478 g/mol.